The summed E-state index contributed by atoms with van der Waals surface area (Å²) in [4.78, 5) is 11.8. The molecule has 0 radical (unpaired) electrons. The Morgan fingerprint density at radius 3 is 2.62 bits per heavy atom. The fourth-order valence-corrected chi connectivity index (χ4v) is 1.90. The lowest BCUT2D eigenvalue weighted by Gasteiger charge is -2.08. The van der Waals surface area contributed by atoms with Crippen molar-refractivity contribution in [3.63, 3.8) is 0 Å². The van der Waals surface area contributed by atoms with Crippen LogP contribution in [0.5, 0.6) is 5.75 Å². The molecular formula is C16H17ClN2O2. The summed E-state index contributed by atoms with van der Waals surface area (Å²) in [6, 6.07) is 12.5. The van der Waals surface area contributed by atoms with E-state index >= 15 is 0 Å². The lowest BCUT2D eigenvalue weighted by Crippen LogP contribution is -2.15. The van der Waals surface area contributed by atoms with Gasteiger partial charge in [0.2, 0.25) is 5.91 Å². The van der Waals surface area contributed by atoms with E-state index in [1.165, 1.54) is 0 Å². The van der Waals surface area contributed by atoms with E-state index in [1.54, 1.807) is 30.3 Å². The molecule has 4 nitrogen and oxygen atoms in total. The summed E-state index contributed by atoms with van der Waals surface area (Å²) in [6.45, 7) is 2.21. The Labute approximate surface area is 128 Å². The van der Waals surface area contributed by atoms with Crippen molar-refractivity contribution < 1.29 is 9.53 Å². The van der Waals surface area contributed by atoms with E-state index in [1.807, 2.05) is 19.1 Å². The Kier molecular flexibility index (Phi) is 5.06. The van der Waals surface area contributed by atoms with Crippen molar-refractivity contribution in [2.45, 2.75) is 13.3 Å². The third kappa shape index (κ3) is 4.68. The number of nitrogens with two attached hydrogens (primary N) is 1. The van der Waals surface area contributed by atoms with Gasteiger partial charge in [-0.1, -0.05) is 17.7 Å². The Hall–Kier alpha value is -2.20. The molecule has 2 aromatic rings. The van der Waals surface area contributed by atoms with Crippen LogP contribution in [0.4, 0.5) is 11.4 Å². The molecule has 2 rings (SSSR count). The smallest absolute Gasteiger partial charge is 0.227 e. The summed E-state index contributed by atoms with van der Waals surface area (Å²) in [5, 5.41) is 3.41. The van der Waals surface area contributed by atoms with Crippen LogP contribution in [0.25, 0.3) is 0 Å². The van der Waals surface area contributed by atoms with Gasteiger partial charge in [0.05, 0.1) is 13.0 Å². The molecule has 110 valence electrons. The average molecular weight is 305 g/mol. The van der Waals surface area contributed by atoms with Gasteiger partial charge in [-0.2, -0.15) is 0 Å². The van der Waals surface area contributed by atoms with Crippen molar-refractivity contribution in [1.29, 1.82) is 0 Å². The molecule has 0 aliphatic rings. The molecule has 2 aromatic carbocycles. The van der Waals surface area contributed by atoms with Gasteiger partial charge in [-0.25, -0.2) is 0 Å². The van der Waals surface area contributed by atoms with Crippen LogP contribution in [0, 0.1) is 6.92 Å². The molecular weight excluding hydrogens is 288 g/mol. The van der Waals surface area contributed by atoms with E-state index < -0.39 is 0 Å². The normalized spacial score (nSPS) is 10.2. The van der Waals surface area contributed by atoms with Crippen LogP contribution in [0.15, 0.2) is 42.5 Å². The van der Waals surface area contributed by atoms with Gasteiger partial charge >= 0.3 is 0 Å². The van der Waals surface area contributed by atoms with Gasteiger partial charge in [0.1, 0.15) is 5.75 Å². The summed E-state index contributed by atoms with van der Waals surface area (Å²) >= 11 is 6.01. The number of carbonyl (C=O) groups is 1. The molecule has 0 aliphatic heterocycles. The molecule has 0 fully saturated rings. The van der Waals surface area contributed by atoms with Crippen molar-refractivity contribution >= 4 is 28.9 Å². The molecule has 0 aliphatic carbocycles. The molecule has 5 heteroatoms. The van der Waals surface area contributed by atoms with Gasteiger partial charge in [0.25, 0.3) is 0 Å². The molecule has 0 heterocycles. The highest BCUT2D eigenvalue weighted by molar-refractivity contribution is 6.31. The predicted octanol–water partition coefficient (Wildman–Crippen LogP) is 3.64. The van der Waals surface area contributed by atoms with Crippen LogP contribution in [0.3, 0.4) is 0 Å². The van der Waals surface area contributed by atoms with Crippen molar-refractivity contribution in [2.24, 2.45) is 0 Å². The number of aryl methyl sites for hydroxylation is 1. The van der Waals surface area contributed by atoms with E-state index in [2.05, 4.69) is 5.32 Å². The summed E-state index contributed by atoms with van der Waals surface area (Å²) < 4.78 is 5.47. The predicted molar refractivity (Wildman–Crippen MR) is 85.8 cm³/mol. The van der Waals surface area contributed by atoms with Gasteiger partial charge in [-0.15, -0.1) is 0 Å². The van der Waals surface area contributed by atoms with Crippen molar-refractivity contribution in [3.8, 4) is 5.75 Å². The topological polar surface area (TPSA) is 64.3 Å². The van der Waals surface area contributed by atoms with E-state index in [-0.39, 0.29) is 12.3 Å². The minimum absolute atomic E-state index is 0.120. The van der Waals surface area contributed by atoms with E-state index in [0.717, 1.165) is 5.56 Å². The second-order valence-corrected chi connectivity index (χ2v) is 5.09. The lowest BCUT2D eigenvalue weighted by atomic mass is 10.2. The molecule has 0 saturated carbocycles. The quantitative estimate of drug-likeness (QED) is 0.829. The second kappa shape index (κ2) is 6.99. The number of benzene rings is 2. The van der Waals surface area contributed by atoms with Gasteiger partial charge in [0, 0.05) is 16.4 Å². The maximum Gasteiger partial charge on any atom is 0.227 e. The van der Waals surface area contributed by atoms with Crippen LogP contribution >= 0.6 is 11.6 Å². The minimum atomic E-state index is -0.120. The second-order valence-electron chi connectivity index (χ2n) is 4.68. The highest BCUT2D eigenvalue weighted by Gasteiger charge is 2.04. The number of nitrogens with one attached hydrogen (secondary N) is 1. The fraction of sp³-hybridized carbons (Fsp3) is 0.188. The summed E-state index contributed by atoms with van der Waals surface area (Å²) in [7, 11) is 0. The maximum atomic E-state index is 11.8. The molecule has 0 aromatic heterocycles. The van der Waals surface area contributed by atoms with Crippen LogP contribution in [0.2, 0.25) is 5.02 Å². The third-order valence-electron chi connectivity index (χ3n) is 2.93. The van der Waals surface area contributed by atoms with Gasteiger partial charge in [-0.05, 0) is 48.9 Å². The first-order valence-corrected chi connectivity index (χ1v) is 6.97. The van der Waals surface area contributed by atoms with Gasteiger partial charge < -0.3 is 15.8 Å². The summed E-state index contributed by atoms with van der Waals surface area (Å²) in [5.41, 5.74) is 7.92. The van der Waals surface area contributed by atoms with Crippen LogP contribution in [0.1, 0.15) is 12.0 Å². The molecule has 3 N–H and O–H groups in total. The van der Waals surface area contributed by atoms with Crippen LogP contribution in [-0.4, -0.2) is 12.5 Å². The molecule has 0 saturated heterocycles. The zero-order chi connectivity index (χ0) is 15.2. The van der Waals surface area contributed by atoms with Crippen molar-refractivity contribution in [2.75, 3.05) is 17.7 Å². The number of halogens is 1. The number of hydrogen-bond acceptors (Lipinski definition) is 3. The number of hydrogen-bond donors (Lipinski definition) is 2. The average Bonchev–Trinajstić information content (AvgIpc) is 2.45. The summed E-state index contributed by atoms with van der Waals surface area (Å²) in [6.07, 6.45) is 0.260. The number of anilines is 2. The molecule has 1 amide bonds. The first-order valence-electron chi connectivity index (χ1n) is 6.59. The van der Waals surface area contributed by atoms with E-state index in [0.29, 0.717) is 28.8 Å². The Morgan fingerprint density at radius 2 is 1.95 bits per heavy atom. The zero-order valence-electron chi connectivity index (χ0n) is 11.7. The number of carbonyl (C=O) groups excluding carboxylic acids is 1. The van der Waals surface area contributed by atoms with Crippen LogP contribution in [-0.2, 0) is 4.79 Å². The number of ether oxygens (including phenoxy) is 1. The molecule has 0 atom stereocenters. The monoisotopic (exact) mass is 304 g/mol. The maximum absolute atomic E-state index is 11.8. The van der Waals surface area contributed by atoms with E-state index in [4.69, 9.17) is 22.1 Å². The highest BCUT2D eigenvalue weighted by atomic mass is 35.5. The number of amides is 1. The zero-order valence-corrected chi connectivity index (χ0v) is 12.5. The largest absolute Gasteiger partial charge is 0.493 e. The third-order valence-corrected chi connectivity index (χ3v) is 3.34. The molecule has 0 spiro atoms. The molecule has 21 heavy (non-hydrogen) atoms. The Morgan fingerprint density at radius 1 is 1.24 bits per heavy atom. The molecule has 0 unspecified atom stereocenters. The van der Waals surface area contributed by atoms with Crippen LogP contribution < -0.4 is 15.8 Å². The number of nitrogen functional groups attached to an aromatic ring is 1. The SMILES string of the molecule is Cc1ccc(NC(=O)CCOc2ccc(N)cc2)cc1Cl. The first-order chi connectivity index (χ1) is 10.0. The van der Waals surface area contributed by atoms with Crippen molar-refractivity contribution in [3.05, 3.63) is 53.1 Å². The molecule has 0 bridgehead atoms. The standard InChI is InChI=1S/C16H17ClN2O2/c1-11-2-5-13(10-15(11)17)19-16(20)8-9-21-14-6-3-12(18)4-7-14/h2-7,10H,8-9,18H2,1H3,(H,19,20). The van der Waals surface area contributed by atoms with Crippen molar-refractivity contribution in [1.82, 2.24) is 0 Å². The Bertz CT molecular complexity index is 627. The lowest BCUT2D eigenvalue weighted by molar-refractivity contribution is -0.116. The summed E-state index contributed by atoms with van der Waals surface area (Å²) in [5.74, 6) is 0.570. The van der Waals surface area contributed by atoms with Gasteiger partial charge in [-0.3, -0.25) is 4.79 Å². The number of rotatable bonds is 5. The van der Waals surface area contributed by atoms with Gasteiger partial charge in [0.15, 0.2) is 0 Å². The van der Waals surface area contributed by atoms with E-state index in [9.17, 15) is 4.79 Å². The minimum Gasteiger partial charge on any atom is -0.493 e. The Balaban J connectivity index is 1.79. The fourth-order valence-electron chi connectivity index (χ4n) is 1.72. The first kappa shape index (κ1) is 15.2. The highest BCUT2D eigenvalue weighted by Crippen LogP contribution is 2.20.